The van der Waals surface area contributed by atoms with Crippen LogP contribution in [0.4, 0.5) is 0 Å². The molecule has 0 atom stereocenters. The smallest absolute Gasteiger partial charge is 0.0141 e. The van der Waals surface area contributed by atoms with E-state index in [-0.39, 0.29) is 0 Å². The minimum atomic E-state index is 0.661. The van der Waals surface area contributed by atoms with Crippen LogP contribution in [0.5, 0.6) is 0 Å². The Labute approximate surface area is 70.9 Å². The van der Waals surface area contributed by atoms with E-state index in [1.54, 1.807) is 0 Å². The lowest BCUT2D eigenvalue weighted by Gasteiger charge is -1.99. The zero-order chi connectivity index (χ0) is 8.53. The van der Waals surface area contributed by atoms with Gasteiger partial charge in [-0.15, -0.1) is 0 Å². The van der Waals surface area contributed by atoms with Gasteiger partial charge in [0.2, 0.25) is 0 Å². The number of hydrogen-bond donors (Lipinski definition) is 1. The van der Waals surface area contributed by atoms with Crippen molar-refractivity contribution in [2.45, 2.75) is 40.0 Å². The SMILES string of the molecule is CCCCCNC=CC(C)C. The van der Waals surface area contributed by atoms with Crippen LogP contribution in [-0.2, 0) is 0 Å². The molecule has 0 radical (unpaired) electrons. The van der Waals surface area contributed by atoms with E-state index in [2.05, 4.69) is 38.4 Å². The molecular weight excluding hydrogens is 134 g/mol. The minimum absolute atomic E-state index is 0.661. The monoisotopic (exact) mass is 155 g/mol. The fraction of sp³-hybridized carbons (Fsp3) is 0.800. The second-order valence-electron chi connectivity index (χ2n) is 3.26. The molecule has 0 aliphatic carbocycles. The van der Waals surface area contributed by atoms with Gasteiger partial charge in [-0.2, -0.15) is 0 Å². The molecule has 0 aromatic carbocycles. The zero-order valence-electron chi connectivity index (χ0n) is 8.06. The molecule has 0 aliphatic rings. The second kappa shape index (κ2) is 7.64. The zero-order valence-corrected chi connectivity index (χ0v) is 8.06. The van der Waals surface area contributed by atoms with Crippen LogP contribution < -0.4 is 5.32 Å². The standard InChI is InChI=1S/C10H21N/c1-4-5-6-8-11-9-7-10(2)3/h7,9-11H,4-6,8H2,1-3H3. The van der Waals surface area contributed by atoms with E-state index in [0.29, 0.717) is 5.92 Å². The summed E-state index contributed by atoms with van der Waals surface area (Å²) in [4.78, 5) is 0. The van der Waals surface area contributed by atoms with Gasteiger partial charge >= 0.3 is 0 Å². The molecule has 0 amide bonds. The minimum Gasteiger partial charge on any atom is -0.391 e. The first kappa shape index (κ1) is 10.5. The maximum absolute atomic E-state index is 3.27. The summed E-state index contributed by atoms with van der Waals surface area (Å²) in [6.07, 6.45) is 8.18. The Morgan fingerprint density at radius 3 is 2.55 bits per heavy atom. The first-order chi connectivity index (χ1) is 5.27. The quantitative estimate of drug-likeness (QED) is 0.581. The maximum Gasteiger partial charge on any atom is 0.0141 e. The van der Waals surface area contributed by atoms with E-state index in [0.717, 1.165) is 6.54 Å². The summed E-state index contributed by atoms with van der Waals surface area (Å²) in [5, 5.41) is 3.27. The number of allylic oxidation sites excluding steroid dienone is 1. The normalized spacial score (nSPS) is 11.3. The average Bonchev–Trinajstić information content (AvgIpc) is 1.96. The van der Waals surface area contributed by atoms with Crippen LogP contribution in [0.15, 0.2) is 12.3 Å². The van der Waals surface area contributed by atoms with E-state index < -0.39 is 0 Å². The average molecular weight is 155 g/mol. The molecule has 0 saturated heterocycles. The van der Waals surface area contributed by atoms with Gasteiger partial charge in [0.1, 0.15) is 0 Å². The Morgan fingerprint density at radius 2 is 2.00 bits per heavy atom. The van der Waals surface area contributed by atoms with Crippen molar-refractivity contribution in [1.29, 1.82) is 0 Å². The van der Waals surface area contributed by atoms with Crippen molar-refractivity contribution in [2.75, 3.05) is 6.54 Å². The van der Waals surface area contributed by atoms with E-state index in [4.69, 9.17) is 0 Å². The van der Waals surface area contributed by atoms with Crippen LogP contribution >= 0.6 is 0 Å². The van der Waals surface area contributed by atoms with Gasteiger partial charge in [-0.1, -0.05) is 39.7 Å². The van der Waals surface area contributed by atoms with E-state index in [1.165, 1.54) is 19.3 Å². The number of nitrogens with one attached hydrogen (secondary N) is 1. The molecule has 0 spiro atoms. The largest absolute Gasteiger partial charge is 0.391 e. The van der Waals surface area contributed by atoms with Crippen molar-refractivity contribution in [3.8, 4) is 0 Å². The van der Waals surface area contributed by atoms with Crippen LogP contribution in [-0.4, -0.2) is 6.54 Å². The second-order valence-corrected chi connectivity index (χ2v) is 3.26. The predicted octanol–water partition coefficient (Wildman–Crippen LogP) is 2.94. The van der Waals surface area contributed by atoms with Crippen molar-refractivity contribution in [3.05, 3.63) is 12.3 Å². The first-order valence-electron chi connectivity index (χ1n) is 4.67. The Kier molecular flexibility index (Phi) is 7.33. The fourth-order valence-electron chi connectivity index (χ4n) is 0.821. The third-order valence-electron chi connectivity index (χ3n) is 1.52. The van der Waals surface area contributed by atoms with Crippen LogP contribution in [0.25, 0.3) is 0 Å². The van der Waals surface area contributed by atoms with E-state index in [1.807, 2.05) is 0 Å². The molecule has 1 heteroatoms. The van der Waals surface area contributed by atoms with Gasteiger partial charge in [0.25, 0.3) is 0 Å². The highest BCUT2D eigenvalue weighted by atomic mass is 14.8. The Bertz CT molecular complexity index is 95.0. The van der Waals surface area contributed by atoms with Gasteiger partial charge in [0.05, 0.1) is 0 Å². The molecule has 0 unspecified atom stereocenters. The predicted molar refractivity (Wildman–Crippen MR) is 51.5 cm³/mol. The molecule has 0 aromatic rings. The van der Waals surface area contributed by atoms with Gasteiger partial charge in [0.15, 0.2) is 0 Å². The number of unbranched alkanes of at least 4 members (excludes halogenated alkanes) is 2. The molecule has 1 nitrogen and oxygen atoms in total. The summed E-state index contributed by atoms with van der Waals surface area (Å²) >= 11 is 0. The first-order valence-corrected chi connectivity index (χ1v) is 4.67. The number of rotatable bonds is 6. The van der Waals surface area contributed by atoms with Crippen molar-refractivity contribution in [2.24, 2.45) is 5.92 Å². The Morgan fingerprint density at radius 1 is 1.27 bits per heavy atom. The van der Waals surface area contributed by atoms with Gasteiger partial charge in [-0.05, 0) is 18.5 Å². The van der Waals surface area contributed by atoms with E-state index >= 15 is 0 Å². The third kappa shape index (κ3) is 9.54. The molecular formula is C10H21N. The lowest BCUT2D eigenvalue weighted by Crippen LogP contribution is -2.06. The lowest BCUT2D eigenvalue weighted by molar-refractivity contribution is 0.679. The number of hydrogen-bond acceptors (Lipinski definition) is 1. The van der Waals surface area contributed by atoms with E-state index in [9.17, 15) is 0 Å². The molecule has 0 heterocycles. The maximum atomic E-state index is 3.27. The van der Waals surface area contributed by atoms with Crippen LogP contribution in [0.2, 0.25) is 0 Å². The summed E-state index contributed by atoms with van der Waals surface area (Å²) in [6.45, 7) is 7.72. The van der Waals surface area contributed by atoms with Crippen LogP contribution in [0.1, 0.15) is 40.0 Å². The van der Waals surface area contributed by atoms with Gasteiger partial charge < -0.3 is 5.32 Å². The molecule has 66 valence electrons. The van der Waals surface area contributed by atoms with Gasteiger partial charge in [-0.3, -0.25) is 0 Å². The van der Waals surface area contributed by atoms with Crippen LogP contribution in [0.3, 0.4) is 0 Å². The molecule has 11 heavy (non-hydrogen) atoms. The van der Waals surface area contributed by atoms with Gasteiger partial charge in [0, 0.05) is 6.54 Å². The highest BCUT2D eigenvalue weighted by Crippen LogP contribution is 1.93. The molecule has 1 N–H and O–H groups in total. The summed E-state index contributed by atoms with van der Waals surface area (Å²) in [7, 11) is 0. The Balaban J connectivity index is 3.01. The summed E-state index contributed by atoms with van der Waals surface area (Å²) < 4.78 is 0. The molecule has 0 aliphatic heterocycles. The summed E-state index contributed by atoms with van der Waals surface area (Å²) in [5.74, 6) is 0.661. The lowest BCUT2D eigenvalue weighted by atomic mass is 10.2. The van der Waals surface area contributed by atoms with Crippen LogP contribution in [0, 0.1) is 5.92 Å². The van der Waals surface area contributed by atoms with Crippen molar-refractivity contribution in [1.82, 2.24) is 5.32 Å². The van der Waals surface area contributed by atoms with Crippen molar-refractivity contribution < 1.29 is 0 Å². The molecule has 0 fully saturated rings. The highest BCUT2D eigenvalue weighted by Gasteiger charge is 1.83. The van der Waals surface area contributed by atoms with Crippen molar-refractivity contribution in [3.63, 3.8) is 0 Å². The highest BCUT2D eigenvalue weighted by molar-refractivity contribution is 4.81. The van der Waals surface area contributed by atoms with Gasteiger partial charge in [-0.25, -0.2) is 0 Å². The third-order valence-corrected chi connectivity index (χ3v) is 1.52. The molecule has 0 bridgehead atoms. The Hall–Kier alpha value is -0.460. The van der Waals surface area contributed by atoms with Crippen molar-refractivity contribution >= 4 is 0 Å². The molecule has 0 saturated carbocycles. The topological polar surface area (TPSA) is 12.0 Å². The summed E-state index contributed by atoms with van der Waals surface area (Å²) in [6, 6.07) is 0. The fourth-order valence-corrected chi connectivity index (χ4v) is 0.821. The summed E-state index contributed by atoms with van der Waals surface area (Å²) in [5.41, 5.74) is 0. The molecule has 0 rings (SSSR count). The molecule has 0 aromatic heterocycles.